The molecule has 1 saturated heterocycles. The highest BCUT2D eigenvalue weighted by Gasteiger charge is 2.28. The molecule has 1 aromatic heterocycles. The normalized spacial score (nSPS) is 18.8. The predicted molar refractivity (Wildman–Crippen MR) is 97.8 cm³/mol. The highest BCUT2D eigenvalue weighted by Crippen LogP contribution is 2.25. The lowest BCUT2D eigenvalue weighted by Crippen LogP contribution is -3.10. The molecule has 0 bridgehead atoms. The molecule has 2 heterocycles. The summed E-state index contributed by atoms with van der Waals surface area (Å²) < 4.78 is 4.98. The minimum absolute atomic E-state index is 0.0828. The molecule has 26 heavy (non-hydrogen) atoms. The first kappa shape index (κ1) is 18.9. The summed E-state index contributed by atoms with van der Waals surface area (Å²) in [4.78, 5) is 28.7. The molecule has 0 aromatic carbocycles. The molecular weight excluding hydrogens is 332 g/mol. The van der Waals surface area contributed by atoms with Gasteiger partial charge in [-0.1, -0.05) is 24.4 Å². The number of aryl methyl sites for hydroxylation is 1. The number of nitrogens with zero attached hydrogens (tertiary/aromatic N) is 2. The molecule has 1 aromatic rings. The van der Waals surface area contributed by atoms with Crippen LogP contribution in [0.5, 0.6) is 0 Å². The first-order chi connectivity index (χ1) is 12.6. The van der Waals surface area contributed by atoms with Crippen LogP contribution in [-0.4, -0.2) is 54.6 Å². The molecule has 1 aliphatic carbocycles. The number of amides is 2. The molecule has 7 nitrogen and oxygen atoms in total. The largest absolute Gasteiger partial charge is 0.360 e. The van der Waals surface area contributed by atoms with Gasteiger partial charge in [0.15, 0.2) is 5.82 Å². The molecule has 144 valence electrons. The lowest BCUT2D eigenvalue weighted by Gasteiger charge is -2.29. The number of carbonyl (C=O) groups excluding carboxylic acids is 2. The van der Waals surface area contributed by atoms with E-state index in [-0.39, 0.29) is 24.3 Å². The second-order valence-electron chi connectivity index (χ2n) is 7.67. The van der Waals surface area contributed by atoms with Gasteiger partial charge in [0.25, 0.3) is 0 Å². The van der Waals surface area contributed by atoms with Gasteiger partial charge >= 0.3 is 0 Å². The summed E-state index contributed by atoms with van der Waals surface area (Å²) in [5.41, 5.74) is 0. The topological polar surface area (TPSA) is 79.9 Å². The van der Waals surface area contributed by atoms with E-state index in [1.807, 2.05) is 0 Å². The smallest absolute Gasteiger partial charge is 0.245 e. The Labute approximate surface area is 155 Å². The van der Waals surface area contributed by atoms with Gasteiger partial charge in [0.1, 0.15) is 12.3 Å². The van der Waals surface area contributed by atoms with E-state index < -0.39 is 0 Å². The summed E-state index contributed by atoms with van der Waals surface area (Å²) in [5.74, 6) is 1.07. The van der Waals surface area contributed by atoms with Crippen LogP contribution in [0.2, 0.25) is 0 Å². The maximum absolute atomic E-state index is 13.0. The Morgan fingerprint density at radius 2 is 1.96 bits per heavy atom. The van der Waals surface area contributed by atoms with Crippen molar-refractivity contribution in [2.24, 2.45) is 5.92 Å². The van der Waals surface area contributed by atoms with E-state index in [0.29, 0.717) is 18.1 Å². The van der Waals surface area contributed by atoms with Gasteiger partial charge in [0.2, 0.25) is 11.8 Å². The summed E-state index contributed by atoms with van der Waals surface area (Å²) in [6, 6.07) is 1.68. The number of likely N-dealkylation sites (tertiary alicyclic amines) is 1. The van der Waals surface area contributed by atoms with E-state index in [1.165, 1.54) is 32.4 Å². The zero-order valence-corrected chi connectivity index (χ0v) is 15.8. The number of hydrogen-bond acceptors (Lipinski definition) is 4. The Hall–Kier alpha value is -1.89. The van der Waals surface area contributed by atoms with Crippen LogP contribution in [0, 0.1) is 12.8 Å². The number of nitrogens with one attached hydrogen (secondary N) is 2. The van der Waals surface area contributed by atoms with Crippen LogP contribution in [-0.2, 0) is 9.59 Å². The second-order valence-corrected chi connectivity index (χ2v) is 7.67. The summed E-state index contributed by atoms with van der Waals surface area (Å²) in [5, 5.41) is 6.53. The SMILES string of the molecule is Cc1cc(NC(=O)CN(CC[NH+]2CCCC2)C(=O)C2CCCCC2)no1. The third-order valence-corrected chi connectivity index (χ3v) is 5.54. The minimum atomic E-state index is -0.209. The molecule has 2 amide bonds. The molecule has 0 spiro atoms. The van der Waals surface area contributed by atoms with Crippen LogP contribution < -0.4 is 10.2 Å². The van der Waals surface area contributed by atoms with Crippen molar-refractivity contribution in [2.45, 2.75) is 51.9 Å². The van der Waals surface area contributed by atoms with Crippen molar-refractivity contribution in [3.05, 3.63) is 11.8 Å². The highest BCUT2D eigenvalue weighted by atomic mass is 16.5. The molecule has 0 unspecified atom stereocenters. The van der Waals surface area contributed by atoms with Crippen molar-refractivity contribution in [3.8, 4) is 0 Å². The molecule has 2 N–H and O–H groups in total. The molecule has 1 aliphatic heterocycles. The quantitative estimate of drug-likeness (QED) is 0.758. The molecule has 0 atom stereocenters. The van der Waals surface area contributed by atoms with Crippen LogP contribution >= 0.6 is 0 Å². The Bertz CT molecular complexity index is 604. The molecule has 7 heteroatoms. The van der Waals surface area contributed by atoms with Crippen LogP contribution in [0.15, 0.2) is 10.6 Å². The van der Waals surface area contributed by atoms with E-state index in [0.717, 1.165) is 32.2 Å². The van der Waals surface area contributed by atoms with Crippen molar-refractivity contribution in [3.63, 3.8) is 0 Å². The number of quaternary nitrogens is 1. The van der Waals surface area contributed by atoms with Gasteiger partial charge in [-0.25, -0.2) is 0 Å². The molecule has 0 radical (unpaired) electrons. The first-order valence-corrected chi connectivity index (χ1v) is 9.97. The van der Waals surface area contributed by atoms with Gasteiger partial charge in [-0.15, -0.1) is 0 Å². The summed E-state index contributed by atoms with van der Waals surface area (Å²) in [6.45, 7) is 5.80. The second kappa shape index (κ2) is 9.16. The fourth-order valence-electron chi connectivity index (χ4n) is 4.07. The third kappa shape index (κ3) is 5.30. The number of rotatable bonds is 7. The van der Waals surface area contributed by atoms with Crippen LogP contribution in [0.1, 0.15) is 50.7 Å². The molecule has 2 fully saturated rings. The Morgan fingerprint density at radius 1 is 1.23 bits per heavy atom. The van der Waals surface area contributed by atoms with Crippen LogP contribution in [0.25, 0.3) is 0 Å². The Kier molecular flexibility index (Phi) is 6.66. The fourth-order valence-corrected chi connectivity index (χ4v) is 4.07. The maximum Gasteiger partial charge on any atom is 0.245 e. The number of aromatic nitrogens is 1. The average molecular weight is 363 g/mol. The number of hydrogen-bond donors (Lipinski definition) is 2. The predicted octanol–water partition coefficient (Wildman–Crippen LogP) is 1.01. The van der Waals surface area contributed by atoms with E-state index in [9.17, 15) is 9.59 Å². The monoisotopic (exact) mass is 363 g/mol. The van der Waals surface area contributed by atoms with Gasteiger partial charge in [-0.2, -0.15) is 0 Å². The summed E-state index contributed by atoms with van der Waals surface area (Å²) in [6.07, 6.45) is 7.88. The fraction of sp³-hybridized carbons (Fsp3) is 0.737. The molecular formula is C19H31N4O3+. The minimum Gasteiger partial charge on any atom is -0.360 e. The van der Waals surface area contributed by atoms with Gasteiger partial charge in [0.05, 0.1) is 26.2 Å². The zero-order valence-electron chi connectivity index (χ0n) is 15.8. The van der Waals surface area contributed by atoms with E-state index in [4.69, 9.17) is 4.52 Å². The first-order valence-electron chi connectivity index (χ1n) is 9.97. The van der Waals surface area contributed by atoms with Crippen LogP contribution in [0.4, 0.5) is 5.82 Å². The van der Waals surface area contributed by atoms with Crippen molar-refractivity contribution in [1.29, 1.82) is 0 Å². The van der Waals surface area contributed by atoms with E-state index in [2.05, 4.69) is 10.5 Å². The van der Waals surface area contributed by atoms with Gasteiger partial charge in [-0.05, 0) is 19.8 Å². The molecule has 1 saturated carbocycles. The van der Waals surface area contributed by atoms with Crippen LogP contribution in [0.3, 0.4) is 0 Å². The molecule has 3 rings (SSSR count). The van der Waals surface area contributed by atoms with Crippen molar-refractivity contribution in [2.75, 3.05) is 38.0 Å². The third-order valence-electron chi connectivity index (χ3n) is 5.54. The average Bonchev–Trinajstić information content (AvgIpc) is 3.30. The maximum atomic E-state index is 13.0. The van der Waals surface area contributed by atoms with Gasteiger partial charge in [-0.3, -0.25) is 9.59 Å². The van der Waals surface area contributed by atoms with Gasteiger partial charge < -0.3 is 19.6 Å². The van der Waals surface area contributed by atoms with Gasteiger partial charge in [0, 0.05) is 24.8 Å². The summed E-state index contributed by atoms with van der Waals surface area (Å²) >= 11 is 0. The van der Waals surface area contributed by atoms with Crippen molar-refractivity contribution < 1.29 is 19.0 Å². The Morgan fingerprint density at radius 3 is 2.62 bits per heavy atom. The Balaban J connectivity index is 1.58. The number of carbonyl (C=O) groups is 2. The van der Waals surface area contributed by atoms with Crippen molar-refractivity contribution in [1.82, 2.24) is 10.1 Å². The van der Waals surface area contributed by atoms with E-state index in [1.54, 1.807) is 22.8 Å². The lowest BCUT2D eigenvalue weighted by atomic mass is 9.88. The highest BCUT2D eigenvalue weighted by molar-refractivity contribution is 5.94. The van der Waals surface area contributed by atoms with E-state index >= 15 is 0 Å². The lowest BCUT2D eigenvalue weighted by molar-refractivity contribution is -0.886. The zero-order chi connectivity index (χ0) is 18.4. The summed E-state index contributed by atoms with van der Waals surface area (Å²) in [7, 11) is 0. The molecule has 2 aliphatic rings. The number of anilines is 1. The standard InChI is InChI=1S/C19H30N4O3/c1-15-13-17(21-26-15)20-18(24)14-23(12-11-22-9-5-6-10-22)19(25)16-7-3-2-4-8-16/h13,16H,2-12,14H2,1H3,(H,20,21,24)/p+1. The van der Waals surface area contributed by atoms with Crippen molar-refractivity contribution >= 4 is 17.6 Å².